The highest BCUT2D eigenvalue weighted by Crippen LogP contribution is 2.31. The molecule has 1 atom stereocenters. The third-order valence-corrected chi connectivity index (χ3v) is 8.43. The Morgan fingerprint density at radius 2 is 1.79 bits per heavy atom. The van der Waals surface area contributed by atoms with Gasteiger partial charge in [0.05, 0.1) is 11.7 Å². The minimum absolute atomic E-state index is 0.00349. The molecule has 42 heavy (non-hydrogen) atoms. The minimum Gasteiger partial charge on any atom is -0.475 e. The number of rotatable bonds is 4. The molecule has 1 N–H and O–H groups in total. The van der Waals surface area contributed by atoms with Crippen LogP contribution in [0.5, 0.6) is 5.88 Å². The first-order chi connectivity index (χ1) is 19.8. The van der Waals surface area contributed by atoms with E-state index in [1.54, 1.807) is 23.4 Å². The summed E-state index contributed by atoms with van der Waals surface area (Å²) in [6.07, 6.45) is 3.97. The number of aryl methyl sites for hydroxylation is 3. The van der Waals surface area contributed by atoms with Crippen LogP contribution in [0.4, 0.5) is 5.95 Å². The van der Waals surface area contributed by atoms with E-state index in [0.717, 1.165) is 22.3 Å². The molecule has 3 aromatic heterocycles. The van der Waals surface area contributed by atoms with Gasteiger partial charge in [0, 0.05) is 43.7 Å². The van der Waals surface area contributed by atoms with Crippen molar-refractivity contribution in [1.82, 2.24) is 29.6 Å². The Morgan fingerprint density at radius 1 is 1.05 bits per heavy atom. The van der Waals surface area contributed by atoms with Crippen molar-refractivity contribution in [2.45, 2.75) is 58.7 Å². The lowest BCUT2D eigenvalue weighted by Gasteiger charge is -2.35. The third-order valence-electron chi connectivity index (χ3n) is 7.05. The molecule has 12 heteroatoms. The number of ether oxygens (including phenoxy) is 1. The summed E-state index contributed by atoms with van der Waals surface area (Å²) in [5.41, 5.74) is 3.98. The Morgan fingerprint density at radius 3 is 2.45 bits per heavy atom. The smallest absolute Gasteiger partial charge is 0.281 e. The van der Waals surface area contributed by atoms with Crippen LogP contribution < -0.4 is 9.46 Å². The maximum absolute atomic E-state index is 14.1. The quantitative estimate of drug-likeness (QED) is 0.367. The predicted octanol–water partition coefficient (Wildman–Crippen LogP) is 4.53. The Hall–Kier alpha value is -4.32. The van der Waals surface area contributed by atoms with Crippen molar-refractivity contribution >= 4 is 21.9 Å². The molecule has 1 aromatic carbocycles. The summed E-state index contributed by atoms with van der Waals surface area (Å²) in [5.74, 6) is -0.364. The van der Waals surface area contributed by atoms with Crippen molar-refractivity contribution < 1.29 is 17.9 Å². The van der Waals surface area contributed by atoms with E-state index in [1.165, 1.54) is 17.8 Å². The zero-order valence-electron chi connectivity index (χ0n) is 24.6. The van der Waals surface area contributed by atoms with Crippen molar-refractivity contribution in [2.24, 2.45) is 12.5 Å². The monoisotopic (exact) mass is 589 g/mol. The molecule has 0 spiro atoms. The topological polar surface area (TPSA) is 132 Å². The van der Waals surface area contributed by atoms with Gasteiger partial charge in [0.1, 0.15) is 6.61 Å². The first-order valence-electron chi connectivity index (χ1n) is 13.7. The van der Waals surface area contributed by atoms with Crippen molar-refractivity contribution in [3.63, 3.8) is 0 Å². The molecule has 0 aliphatic carbocycles. The van der Waals surface area contributed by atoms with Crippen LogP contribution in [-0.2, 0) is 23.6 Å². The molecular formula is C30H35N7O4S. The molecule has 0 unspecified atom stereocenters. The van der Waals surface area contributed by atoms with E-state index in [4.69, 9.17) is 4.74 Å². The van der Waals surface area contributed by atoms with Crippen molar-refractivity contribution in [2.75, 3.05) is 11.3 Å². The van der Waals surface area contributed by atoms with Gasteiger partial charge in [0.15, 0.2) is 10.7 Å². The lowest BCUT2D eigenvalue weighted by molar-refractivity contribution is 0.0506. The second kappa shape index (κ2) is 11.2. The molecule has 1 aliphatic rings. The zero-order chi connectivity index (χ0) is 30.2. The van der Waals surface area contributed by atoms with E-state index in [-0.39, 0.29) is 41.1 Å². The number of aromatic nitrogens is 5. The second-order valence-electron chi connectivity index (χ2n) is 11.8. The highest BCUT2D eigenvalue weighted by Gasteiger charge is 2.33. The van der Waals surface area contributed by atoms with Gasteiger partial charge < -0.3 is 9.64 Å². The summed E-state index contributed by atoms with van der Waals surface area (Å²) < 4.78 is 37.0. The largest absolute Gasteiger partial charge is 0.475 e. The van der Waals surface area contributed by atoms with E-state index < -0.39 is 22.0 Å². The molecule has 0 saturated carbocycles. The number of nitrogens with zero attached hydrogens (tertiary/aromatic N) is 6. The minimum atomic E-state index is -4.22. The number of carbonyl (C=O) groups is 1. The normalized spacial score (nSPS) is 17.0. The van der Waals surface area contributed by atoms with Crippen LogP contribution in [-0.4, -0.2) is 56.6 Å². The number of hydrogen-bond donors (Lipinski definition) is 1. The van der Waals surface area contributed by atoms with Gasteiger partial charge in [0.2, 0.25) is 11.8 Å². The molecule has 0 saturated heterocycles. The van der Waals surface area contributed by atoms with Crippen LogP contribution in [0.2, 0.25) is 0 Å². The van der Waals surface area contributed by atoms with Gasteiger partial charge in [0.25, 0.3) is 15.9 Å². The first-order valence-corrected chi connectivity index (χ1v) is 15.1. The van der Waals surface area contributed by atoms with Crippen LogP contribution in [0.1, 0.15) is 54.4 Å². The number of amides is 1. The summed E-state index contributed by atoms with van der Waals surface area (Å²) in [7, 11) is -2.73. The fraction of sp³-hybridized carbons (Fsp3) is 0.367. The molecule has 0 fully saturated rings. The average molecular weight is 590 g/mol. The third kappa shape index (κ3) is 6.28. The number of sulfonamides is 1. The maximum Gasteiger partial charge on any atom is 0.281 e. The molecule has 1 aliphatic heterocycles. The predicted molar refractivity (Wildman–Crippen MR) is 158 cm³/mol. The van der Waals surface area contributed by atoms with Crippen molar-refractivity contribution in [3.05, 3.63) is 77.2 Å². The lowest BCUT2D eigenvalue weighted by atomic mass is 9.87. The SMILES string of the molecule is Cc1cccc(C)c1-c1cc2nc(n1)NS(=O)(=O)c1cc(nn1C)C(=O)N(Cc1cccnc1)[C@H](CC(C)(C)C)CO2. The van der Waals surface area contributed by atoms with Gasteiger partial charge in [-0.1, -0.05) is 45.0 Å². The van der Waals surface area contributed by atoms with Crippen LogP contribution in [0.15, 0.2) is 59.9 Å². The number of anilines is 1. The molecule has 0 radical (unpaired) electrons. The molecule has 4 bridgehead atoms. The van der Waals surface area contributed by atoms with E-state index in [9.17, 15) is 13.2 Å². The highest BCUT2D eigenvalue weighted by molar-refractivity contribution is 7.92. The molecule has 1 amide bonds. The number of hydrogen-bond acceptors (Lipinski definition) is 8. The summed E-state index contributed by atoms with van der Waals surface area (Å²) in [6, 6.07) is 12.2. The Kier molecular flexibility index (Phi) is 7.76. The number of fused-ring (bicyclic) bond motifs is 4. The van der Waals surface area contributed by atoms with Crippen LogP contribution in [0, 0.1) is 19.3 Å². The van der Waals surface area contributed by atoms with Crippen molar-refractivity contribution in [3.8, 4) is 17.1 Å². The van der Waals surface area contributed by atoms with Gasteiger partial charge >= 0.3 is 0 Å². The maximum atomic E-state index is 14.1. The average Bonchev–Trinajstić information content (AvgIpc) is 3.31. The summed E-state index contributed by atoms with van der Waals surface area (Å²) >= 11 is 0. The standard InChI is InChI=1S/C30H35N7O4S/c1-19-9-7-10-20(2)27(19)23-13-25-33-29(32-23)35-42(39,40)26-14-24(34-36(26)6)28(38)37(17-21-11-8-12-31-16-21)22(18-41-25)15-30(3,4)5/h7-14,16,22H,15,17-18H2,1-6H3,(H,32,33,35)/t22-/m1/s1. The fourth-order valence-corrected chi connectivity index (χ4v) is 6.31. The molecule has 11 nitrogen and oxygen atoms in total. The molecular weight excluding hydrogens is 554 g/mol. The zero-order valence-corrected chi connectivity index (χ0v) is 25.4. The van der Waals surface area contributed by atoms with Gasteiger partial charge in [-0.25, -0.2) is 9.71 Å². The van der Waals surface area contributed by atoms with E-state index >= 15 is 0 Å². The number of carbonyl (C=O) groups excluding carboxylic acids is 1. The van der Waals surface area contributed by atoms with Crippen LogP contribution >= 0.6 is 0 Å². The number of nitrogens with one attached hydrogen (secondary N) is 1. The van der Waals surface area contributed by atoms with Gasteiger partial charge in [-0.05, 0) is 48.4 Å². The summed E-state index contributed by atoms with van der Waals surface area (Å²) in [6.45, 7) is 10.6. The van der Waals surface area contributed by atoms with Gasteiger partial charge in [-0.3, -0.25) is 14.5 Å². The Balaban J connectivity index is 1.68. The van der Waals surface area contributed by atoms with Crippen molar-refractivity contribution in [1.29, 1.82) is 0 Å². The fourth-order valence-electron chi connectivity index (χ4n) is 5.22. The summed E-state index contributed by atoms with van der Waals surface area (Å²) in [4.78, 5) is 29.0. The van der Waals surface area contributed by atoms with Crippen LogP contribution in [0.3, 0.4) is 0 Å². The molecule has 5 rings (SSSR count). The Labute approximate surface area is 246 Å². The van der Waals surface area contributed by atoms with E-state index in [0.29, 0.717) is 12.1 Å². The van der Waals surface area contributed by atoms with E-state index in [2.05, 4.69) is 45.5 Å². The number of benzene rings is 1. The molecule has 4 heterocycles. The molecule has 4 aromatic rings. The highest BCUT2D eigenvalue weighted by atomic mass is 32.2. The lowest BCUT2D eigenvalue weighted by Crippen LogP contribution is -2.45. The van der Waals surface area contributed by atoms with Crippen LogP contribution in [0.25, 0.3) is 11.3 Å². The second-order valence-corrected chi connectivity index (χ2v) is 13.4. The van der Waals surface area contributed by atoms with Gasteiger partial charge in [-0.15, -0.1) is 0 Å². The molecule has 220 valence electrons. The first kappa shape index (κ1) is 29.2. The number of pyridine rings is 1. The Bertz CT molecular complexity index is 1710. The summed E-state index contributed by atoms with van der Waals surface area (Å²) in [5, 5.41) is 4.11. The van der Waals surface area contributed by atoms with Gasteiger partial charge in [-0.2, -0.15) is 18.5 Å². The van der Waals surface area contributed by atoms with E-state index in [1.807, 2.05) is 44.2 Å².